The lowest BCUT2D eigenvalue weighted by Crippen LogP contribution is -2.50. The zero-order valence-electron chi connectivity index (χ0n) is 21.0. The van der Waals surface area contributed by atoms with Gasteiger partial charge in [-0.1, -0.05) is 38.6 Å². The summed E-state index contributed by atoms with van der Waals surface area (Å²) in [5.41, 5.74) is 2.08. The van der Waals surface area contributed by atoms with Gasteiger partial charge >= 0.3 is 0 Å². The zero-order chi connectivity index (χ0) is 25.8. The number of benzene rings is 2. The molecule has 0 aromatic heterocycles. The second-order valence-electron chi connectivity index (χ2n) is 8.86. The van der Waals surface area contributed by atoms with Crippen LogP contribution in [0.5, 0.6) is 17.2 Å². The molecular formula is C26H34N2O6S. The number of methoxy groups -OCH3 is 3. The molecule has 1 aliphatic heterocycles. The van der Waals surface area contributed by atoms with E-state index in [1.54, 1.807) is 36.4 Å². The van der Waals surface area contributed by atoms with E-state index in [4.69, 9.17) is 14.2 Å². The van der Waals surface area contributed by atoms with Crippen molar-refractivity contribution in [2.45, 2.75) is 44.2 Å². The van der Waals surface area contributed by atoms with E-state index in [0.717, 1.165) is 11.1 Å². The van der Waals surface area contributed by atoms with Crippen LogP contribution in [-0.4, -0.2) is 52.5 Å². The van der Waals surface area contributed by atoms with Crippen molar-refractivity contribution in [3.05, 3.63) is 54.1 Å². The van der Waals surface area contributed by atoms with Gasteiger partial charge in [0, 0.05) is 13.1 Å². The average molecular weight is 503 g/mol. The molecule has 3 rings (SSSR count). The van der Waals surface area contributed by atoms with Crippen LogP contribution in [0.3, 0.4) is 0 Å². The van der Waals surface area contributed by atoms with Gasteiger partial charge in [-0.15, -0.1) is 0 Å². The van der Waals surface area contributed by atoms with Gasteiger partial charge in [0.2, 0.25) is 21.7 Å². The fourth-order valence-corrected chi connectivity index (χ4v) is 6.12. The molecule has 1 amide bonds. The van der Waals surface area contributed by atoms with Crippen molar-refractivity contribution < 1.29 is 27.4 Å². The lowest BCUT2D eigenvalue weighted by atomic mass is 10.0. The third-order valence-corrected chi connectivity index (χ3v) is 7.99. The number of ether oxygens (including phenoxy) is 3. The summed E-state index contributed by atoms with van der Waals surface area (Å²) in [5.74, 6) is 1.14. The quantitative estimate of drug-likeness (QED) is 0.560. The topological polar surface area (TPSA) is 94.2 Å². The van der Waals surface area contributed by atoms with Crippen LogP contribution < -0.4 is 19.5 Å². The van der Waals surface area contributed by atoms with Gasteiger partial charge in [0.05, 0.1) is 26.2 Å². The Hall–Kier alpha value is -3.04. The van der Waals surface area contributed by atoms with Gasteiger partial charge in [-0.3, -0.25) is 4.79 Å². The highest BCUT2D eigenvalue weighted by Crippen LogP contribution is 2.38. The number of hydrogen-bond donors (Lipinski definition) is 1. The first kappa shape index (κ1) is 26.6. The summed E-state index contributed by atoms with van der Waals surface area (Å²) in [5, 5.41) is 2.92. The first-order chi connectivity index (χ1) is 16.6. The number of carbonyl (C=O) groups excluding carboxylic acids is 1. The second-order valence-corrected chi connectivity index (χ2v) is 10.7. The van der Waals surface area contributed by atoms with Crippen LogP contribution in [-0.2, 0) is 21.4 Å². The van der Waals surface area contributed by atoms with Crippen molar-refractivity contribution in [1.82, 2.24) is 9.62 Å². The van der Waals surface area contributed by atoms with Crippen LogP contribution in [0.2, 0.25) is 0 Å². The smallest absolute Gasteiger partial charge is 0.244 e. The number of carbonyl (C=O) groups is 1. The molecule has 9 heteroatoms. The van der Waals surface area contributed by atoms with Crippen molar-refractivity contribution in [3.63, 3.8) is 0 Å². The Morgan fingerprint density at radius 2 is 1.71 bits per heavy atom. The van der Waals surface area contributed by atoms with Crippen molar-refractivity contribution in [1.29, 1.82) is 0 Å². The van der Waals surface area contributed by atoms with Gasteiger partial charge in [0.1, 0.15) is 6.04 Å². The van der Waals surface area contributed by atoms with Gasteiger partial charge in [-0.2, -0.15) is 4.31 Å². The third kappa shape index (κ3) is 5.62. The van der Waals surface area contributed by atoms with Crippen LogP contribution in [0.25, 0.3) is 5.57 Å². The minimum Gasteiger partial charge on any atom is -0.493 e. The predicted octanol–water partition coefficient (Wildman–Crippen LogP) is 3.85. The molecule has 1 N–H and O–H groups in total. The van der Waals surface area contributed by atoms with Gasteiger partial charge in [-0.05, 0) is 53.7 Å². The summed E-state index contributed by atoms with van der Waals surface area (Å²) in [6, 6.07) is 9.47. The monoisotopic (exact) mass is 502 g/mol. The van der Waals surface area contributed by atoms with E-state index in [9.17, 15) is 13.2 Å². The number of fused-ring (bicyclic) bond motifs is 1. The molecule has 1 atom stereocenters. The molecular weight excluding hydrogens is 468 g/mol. The largest absolute Gasteiger partial charge is 0.493 e. The average Bonchev–Trinajstić information content (AvgIpc) is 2.94. The maximum atomic E-state index is 13.7. The van der Waals surface area contributed by atoms with Gasteiger partial charge < -0.3 is 19.5 Å². The molecule has 190 valence electrons. The predicted molar refractivity (Wildman–Crippen MR) is 135 cm³/mol. The number of amides is 1. The van der Waals surface area contributed by atoms with Crippen LogP contribution in [0.4, 0.5) is 0 Å². The van der Waals surface area contributed by atoms with E-state index in [0.29, 0.717) is 35.7 Å². The maximum absolute atomic E-state index is 13.7. The second kappa shape index (κ2) is 11.1. The molecule has 0 saturated heterocycles. The lowest BCUT2D eigenvalue weighted by Gasteiger charge is -2.30. The van der Waals surface area contributed by atoms with E-state index in [2.05, 4.69) is 11.9 Å². The van der Waals surface area contributed by atoms with E-state index < -0.39 is 16.1 Å². The van der Waals surface area contributed by atoms with E-state index in [1.165, 1.54) is 25.6 Å². The summed E-state index contributed by atoms with van der Waals surface area (Å²) in [4.78, 5) is 13.6. The molecule has 2 aromatic carbocycles. The molecule has 1 aliphatic rings. The van der Waals surface area contributed by atoms with E-state index >= 15 is 0 Å². The first-order valence-corrected chi connectivity index (χ1v) is 12.9. The fourth-order valence-electron chi connectivity index (χ4n) is 4.28. The number of nitrogens with one attached hydrogen (secondary N) is 1. The number of rotatable bonds is 9. The van der Waals surface area contributed by atoms with Gasteiger partial charge in [0.15, 0.2) is 11.5 Å². The Bertz CT molecular complexity index is 1170. The van der Waals surface area contributed by atoms with Crippen molar-refractivity contribution in [2.24, 2.45) is 5.92 Å². The highest BCUT2D eigenvalue weighted by atomic mass is 32.2. The number of nitrogens with zero attached hydrogens (tertiary/aromatic N) is 1. The fraction of sp³-hybridized carbons (Fsp3) is 0.423. The molecule has 0 aliphatic carbocycles. The van der Waals surface area contributed by atoms with Crippen molar-refractivity contribution in [2.75, 3.05) is 27.9 Å². The summed E-state index contributed by atoms with van der Waals surface area (Å²) >= 11 is 0. The van der Waals surface area contributed by atoms with Crippen LogP contribution in [0.15, 0.2) is 47.9 Å². The Morgan fingerprint density at radius 1 is 1.09 bits per heavy atom. The number of hydrogen-bond acceptors (Lipinski definition) is 6. The van der Waals surface area contributed by atoms with Gasteiger partial charge in [0.25, 0.3) is 0 Å². The van der Waals surface area contributed by atoms with Crippen LogP contribution in [0.1, 0.15) is 37.8 Å². The standard InChI is InChI=1S/C26H34N2O6S/c1-17(2)13-21(28-12-11-18(3)20-9-7-8-10-24(20)35(28,30)31)26(29)27-16-19-14-22(32-4)25(34-6)23(15-19)33-5/h7-10,14-15,17,21H,3,11-13,16H2,1-2,4-6H3,(H,27,29)/t21-/m0/s1. The molecule has 8 nitrogen and oxygen atoms in total. The maximum Gasteiger partial charge on any atom is 0.244 e. The van der Waals surface area contributed by atoms with Crippen LogP contribution in [0, 0.1) is 5.92 Å². The molecule has 2 aromatic rings. The Labute approximate surface area is 207 Å². The van der Waals surface area contributed by atoms with E-state index in [1.807, 2.05) is 13.8 Å². The highest BCUT2D eigenvalue weighted by Gasteiger charge is 2.39. The SMILES string of the molecule is C=C1CCN([C@@H](CC(C)C)C(=O)NCc2cc(OC)c(OC)c(OC)c2)S(=O)(=O)c2ccccc21. The zero-order valence-corrected chi connectivity index (χ0v) is 21.8. The Morgan fingerprint density at radius 3 is 2.29 bits per heavy atom. The summed E-state index contributed by atoms with van der Waals surface area (Å²) in [6.45, 7) is 8.37. The van der Waals surface area contributed by atoms with Crippen LogP contribution >= 0.6 is 0 Å². The molecule has 0 spiro atoms. The Balaban J connectivity index is 1.91. The minimum atomic E-state index is -3.90. The summed E-state index contributed by atoms with van der Waals surface area (Å²) in [6.07, 6.45) is 0.833. The number of sulfonamides is 1. The third-order valence-electron chi connectivity index (χ3n) is 6.02. The first-order valence-electron chi connectivity index (χ1n) is 11.5. The molecule has 0 fully saturated rings. The molecule has 1 heterocycles. The van der Waals surface area contributed by atoms with Crippen molar-refractivity contribution >= 4 is 21.5 Å². The molecule has 0 bridgehead atoms. The normalized spacial score (nSPS) is 16.2. The lowest BCUT2D eigenvalue weighted by molar-refractivity contribution is -0.125. The highest BCUT2D eigenvalue weighted by molar-refractivity contribution is 7.89. The van der Waals surface area contributed by atoms with E-state index in [-0.39, 0.29) is 29.8 Å². The Kier molecular flexibility index (Phi) is 8.45. The molecule has 0 radical (unpaired) electrons. The molecule has 35 heavy (non-hydrogen) atoms. The minimum absolute atomic E-state index is 0.101. The molecule has 0 unspecified atom stereocenters. The van der Waals surface area contributed by atoms with Gasteiger partial charge in [-0.25, -0.2) is 8.42 Å². The summed E-state index contributed by atoms with van der Waals surface area (Å²) < 4.78 is 44.8. The molecule has 0 saturated carbocycles. The summed E-state index contributed by atoms with van der Waals surface area (Å²) in [7, 11) is 0.664. The van der Waals surface area contributed by atoms with Crippen molar-refractivity contribution in [3.8, 4) is 17.2 Å².